The van der Waals surface area contributed by atoms with Gasteiger partial charge in [0, 0.05) is 13.1 Å². The maximum atomic E-state index is 12.7. The summed E-state index contributed by atoms with van der Waals surface area (Å²) in [5.41, 5.74) is 2.53. The number of hydrogen-bond donors (Lipinski definition) is 0. The topological polar surface area (TPSA) is 50.3 Å². The summed E-state index contributed by atoms with van der Waals surface area (Å²) in [6.07, 6.45) is 0. The molecule has 7 heteroatoms. The highest BCUT2D eigenvalue weighted by Crippen LogP contribution is 2.30. The van der Waals surface area contributed by atoms with Crippen LogP contribution in [0.5, 0.6) is 0 Å². The Labute approximate surface area is 134 Å². The van der Waals surface area contributed by atoms with E-state index in [0.717, 1.165) is 22.5 Å². The van der Waals surface area contributed by atoms with Crippen molar-refractivity contribution in [3.8, 4) is 0 Å². The van der Waals surface area contributed by atoms with Crippen molar-refractivity contribution in [2.45, 2.75) is 31.5 Å². The fraction of sp³-hybridized carbons (Fsp3) is 0.357. The third-order valence-corrected chi connectivity index (χ3v) is 6.87. The minimum absolute atomic E-state index is 0.224. The molecule has 21 heavy (non-hydrogen) atoms. The van der Waals surface area contributed by atoms with Gasteiger partial charge >= 0.3 is 0 Å². The molecule has 0 spiro atoms. The minimum Gasteiger partial charge on any atom is -0.229 e. The lowest BCUT2D eigenvalue weighted by molar-refractivity contribution is 0.424. The first kappa shape index (κ1) is 16.4. The van der Waals surface area contributed by atoms with E-state index in [1.807, 2.05) is 38.1 Å². The molecule has 0 aliphatic carbocycles. The first-order chi connectivity index (χ1) is 9.84. The molecule has 0 bridgehead atoms. The molecule has 1 aromatic carbocycles. The maximum absolute atomic E-state index is 12.7. The van der Waals surface area contributed by atoms with E-state index in [4.69, 9.17) is 11.6 Å². The molecule has 0 saturated heterocycles. The molecule has 0 fully saturated rings. The SMILES string of the molecule is CCN(Cc1cccc(C)c1)S(=O)(=O)c1sc(Cl)nc1C. The van der Waals surface area contributed by atoms with Crippen molar-refractivity contribution in [2.75, 3.05) is 6.54 Å². The molecule has 4 nitrogen and oxygen atoms in total. The van der Waals surface area contributed by atoms with Gasteiger partial charge in [-0.15, -0.1) is 0 Å². The molecule has 114 valence electrons. The van der Waals surface area contributed by atoms with E-state index < -0.39 is 10.0 Å². The summed E-state index contributed by atoms with van der Waals surface area (Å²) in [7, 11) is -3.57. The van der Waals surface area contributed by atoms with Crippen LogP contribution in [-0.4, -0.2) is 24.3 Å². The van der Waals surface area contributed by atoms with E-state index >= 15 is 0 Å². The largest absolute Gasteiger partial charge is 0.254 e. The fourth-order valence-corrected chi connectivity index (χ4v) is 5.40. The van der Waals surface area contributed by atoms with Crippen LogP contribution < -0.4 is 0 Å². The fourth-order valence-electron chi connectivity index (χ4n) is 2.09. The lowest BCUT2D eigenvalue weighted by Crippen LogP contribution is -2.30. The number of hydrogen-bond acceptors (Lipinski definition) is 4. The molecule has 0 saturated carbocycles. The zero-order chi connectivity index (χ0) is 15.6. The number of thiazole rings is 1. The molecule has 0 radical (unpaired) electrons. The predicted octanol–water partition coefficient (Wildman–Crippen LogP) is 3.62. The van der Waals surface area contributed by atoms with Crippen LogP contribution in [0.4, 0.5) is 0 Å². The zero-order valence-electron chi connectivity index (χ0n) is 12.1. The van der Waals surface area contributed by atoms with E-state index in [1.54, 1.807) is 6.92 Å². The molecule has 0 unspecified atom stereocenters. The lowest BCUT2D eigenvalue weighted by Gasteiger charge is -2.20. The van der Waals surface area contributed by atoms with Gasteiger partial charge in [0.05, 0.1) is 5.69 Å². The lowest BCUT2D eigenvalue weighted by atomic mass is 10.1. The van der Waals surface area contributed by atoms with Crippen molar-refractivity contribution < 1.29 is 8.42 Å². The molecule has 0 aliphatic heterocycles. The number of aromatic nitrogens is 1. The standard InChI is InChI=1S/C14H17ClN2O2S2/c1-4-17(9-12-7-5-6-10(2)8-12)21(18,19)13-11(3)16-14(15)20-13/h5-8H,4,9H2,1-3H3. The monoisotopic (exact) mass is 344 g/mol. The highest BCUT2D eigenvalue weighted by molar-refractivity contribution is 7.91. The van der Waals surface area contributed by atoms with Gasteiger partial charge in [-0.05, 0) is 19.4 Å². The molecule has 2 aromatic rings. The van der Waals surface area contributed by atoms with Gasteiger partial charge in [-0.1, -0.05) is 59.7 Å². The third kappa shape index (κ3) is 3.63. The first-order valence-corrected chi connectivity index (χ1v) is 9.16. The van der Waals surface area contributed by atoms with Crippen LogP contribution in [-0.2, 0) is 16.6 Å². The highest BCUT2D eigenvalue weighted by atomic mass is 35.5. The van der Waals surface area contributed by atoms with Gasteiger partial charge in [-0.3, -0.25) is 0 Å². The van der Waals surface area contributed by atoms with Crippen LogP contribution in [0.3, 0.4) is 0 Å². The molecule has 0 aliphatic rings. The van der Waals surface area contributed by atoms with Crippen LogP contribution >= 0.6 is 22.9 Å². The van der Waals surface area contributed by atoms with Gasteiger partial charge in [-0.25, -0.2) is 13.4 Å². The summed E-state index contributed by atoms with van der Waals surface area (Å²) >= 11 is 6.83. The van der Waals surface area contributed by atoms with Gasteiger partial charge in [0.25, 0.3) is 10.0 Å². The van der Waals surface area contributed by atoms with Crippen molar-refractivity contribution in [1.82, 2.24) is 9.29 Å². The predicted molar refractivity (Wildman–Crippen MR) is 86.3 cm³/mol. The summed E-state index contributed by atoms with van der Waals surface area (Å²) in [6.45, 7) is 6.21. The normalized spacial score (nSPS) is 12.0. The highest BCUT2D eigenvalue weighted by Gasteiger charge is 2.28. The van der Waals surface area contributed by atoms with Gasteiger partial charge in [0.1, 0.15) is 0 Å². The van der Waals surface area contributed by atoms with Gasteiger partial charge in [-0.2, -0.15) is 4.31 Å². The van der Waals surface area contributed by atoms with E-state index in [0.29, 0.717) is 18.8 Å². The third-order valence-electron chi connectivity index (χ3n) is 3.10. The molecule has 0 amide bonds. The number of rotatable bonds is 5. The van der Waals surface area contributed by atoms with Gasteiger partial charge < -0.3 is 0 Å². The first-order valence-electron chi connectivity index (χ1n) is 6.53. The van der Waals surface area contributed by atoms with Gasteiger partial charge in [0.15, 0.2) is 8.68 Å². The quantitative estimate of drug-likeness (QED) is 0.832. The second-order valence-corrected chi connectivity index (χ2v) is 8.47. The van der Waals surface area contributed by atoms with Crippen LogP contribution in [0, 0.1) is 13.8 Å². The Kier molecular flexibility index (Phi) is 5.03. The van der Waals surface area contributed by atoms with Crippen molar-refractivity contribution in [3.05, 3.63) is 45.6 Å². The van der Waals surface area contributed by atoms with Crippen LogP contribution in [0.1, 0.15) is 23.7 Å². The summed E-state index contributed by atoms with van der Waals surface area (Å²) in [5, 5.41) is 0. The number of sulfonamides is 1. The van der Waals surface area contributed by atoms with Crippen molar-refractivity contribution in [1.29, 1.82) is 0 Å². The van der Waals surface area contributed by atoms with Crippen molar-refractivity contribution in [2.24, 2.45) is 0 Å². The van der Waals surface area contributed by atoms with Crippen LogP contribution in [0.15, 0.2) is 28.5 Å². The molecule has 1 aromatic heterocycles. The summed E-state index contributed by atoms with van der Waals surface area (Å²) in [6, 6.07) is 7.84. The average molecular weight is 345 g/mol. The molecular formula is C14H17ClN2O2S2. The Bertz CT molecular complexity index is 741. The second-order valence-electron chi connectivity index (χ2n) is 4.76. The number of nitrogens with zero attached hydrogens (tertiary/aromatic N) is 2. The Hall–Kier alpha value is -0.950. The Morgan fingerprint density at radius 1 is 1.33 bits per heavy atom. The molecule has 1 heterocycles. The summed E-state index contributed by atoms with van der Waals surface area (Å²) in [4.78, 5) is 3.99. The zero-order valence-corrected chi connectivity index (χ0v) is 14.5. The number of halogens is 1. The van der Waals surface area contributed by atoms with Crippen LogP contribution in [0.2, 0.25) is 4.47 Å². The number of benzene rings is 1. The van der Waals surface area contributed by atoms with Gasteiger partial charge in [0.2, 0.25) is 0 Å². The van der Waals surface area contributed by atoms with Crippen molar-refractivity contribution in [3.63, 3.8) is 0 Å². The molecule has 2 rings (SSSR count). The second kappa shape index (κ2) is 6.44. The Morgan fingerprint density at radius 2 is 2.05 bits per heavy atom. The number of aryl methyl sites for hydroxylation is 2. The van der Waals surface area contributed by atoms with E-state index in [1.165, 1.54) is 4.31 Å². The smallest absolute Gasteiger partial charge is 0.229 e. The van der Waals surface area contributed by atoms with E-state index in [9.17, 15) is 8.42 Å². The van der Waals surface area contributed by atoms with Crippen molar-refractivity contribution >= 4 is 33.0 Å². The van der Waals surface area contributed by atoms with E-state index in [-0.39, 0.29) is 8.68 Å². The van der Waals surface area contributed by atoms with E-state index in [2.05, 4.69) is 4.98 Å². The summed E-state index contributed by atoms with van der Waals surface area (Å²) in [5.74, 6) is 0. The Morgan fingerprint density at radius 3 is 2.57 bits per heavy atom. The van der Waals surface area contributed by atoms with Crippen LogP contribution in [0.25, 0.3) is 0 Å². The molecule has 0 N–H and O–H groups in total. The molecule has 0 atom stereocenters. The Balaban J connectivity index is 2.34. The minimum atomic E-state index is -3.57. The maximum Gasteiger partial charge on any atom is 0.254 e. The molecular weight excluding hydrogens is 328 g/mol. The average Bonchev–Trinajstić information content (AvgIpc) is 2.75. The summed E-state index contributed by atoms with van der Waals surface area (Å²) < 4.78 is 27.4.